The number of hydroxylamine groups is 2. The zero-order valence-electron chi connectivity index (χ0n) is 16.5. The van der Waals surface area contributed by atoms with Crippen molar-refractivity contribution < 1.29 is 37.1 Å². The summed E-state index contributed by atoms with van der Waals surface area (Å²) in [6, 6.07) is 0. The molecule has 0 aromatic heterocycles. The lowest BCUT2D eigenvalue weighted by atomic mass is 10.1. The van der Waals surface area contributed by atoms with Crippen molar-refractivity contribution in [3.63, 3.8) is 0 Å². The Morgan fingerprint density at radius 2 is 1.83 bits per heavy atom. The fourth-order valence-corrected chi connectivity index (χ4v) is 4.63. The second-order valence-electron chi connectivity index (χ2n) is 6.76. The molecular formula is C16H25N5O8S. The standard InChI is InChI=1S/C16H25N5O8S/c17-19-18-7-3-1-2-4-13(12-30(25,26)20-8-10-27-11-9-20)28-16(24)29-21-14(22)5-6-15(21)23/h13H,1-12H2. The maximum absolute atomic E-state index is 12.7. The van der Waals surface area contributed by atoms with Crippen LogP contribution < -0.4 is 0 Å². The van der Waals surface area contributed by atoms with Crippen molar-refractivity contribution in [3.05, 3.63) is 10.4 Å². The van der Waals surface area contributed by atoms with E-state index in [0.717, 1.165) is 0 Å². The summed E-state index contributed by atoms with van der Waals surface area (Å²) in [6.45, 7) is 1.30. The van der Waals surface area contributed by atoms with Crippen LogP contribution in [0.4, 0.5) is 4.79 Å². The maximum atomic E-state index is 12.7. The highest BCUT2D eigenvalue weighted by Crippen LogP contribution is 2.17. The molecule has 13 nitrogen and oxygen atoms in total. The number of sulfonamides is 1. The lowest BCUT2D eigenvalue weighted by Crippen LogP contribution is -2.44. The van der Waals surface area contributed by atoms with Gasteiger partial charge in [-0.1, -0.05) is 16.6 Å². The number of carbonyl (C=O) groups is 3. The van der Waals surface area contributed by atoms with E-state index in [1.807, 2.05) is 0 Å². The molecule has 2 saturated heterocycles. The molecule has 2 rings (SSSR count). The Hall–Kier alpha value is -2.41. The van der Waals surface area contributed by atoms with Crippen LogP contribution in [0.15, 0.2) is 5.11 Å². The zero-order valence-corrected chi connectivity index (χ0v) is 17.3. The Kier molecular flexibility index (Phi) is 9.30. The molecular weight excluding hydrogens is 422 g/mol. The monoisotopic (exact) mass is 447 g/mol. The molecule has 14 heteroatoms. The van der Waals surface area contributed by atoms with E-state index in [1.54, 1.807) is 0 Å². The molecule has 168 valence electrons. The van der Waals surface area contributed by atoms with Crippen LogP contribution in [0.1, 0.15) is 38.5 Å². The van der Waals surface area contributed by atoms with Gasteiger partial charge in [-0.2, -0.15) is 4.31 Å². The highest BCUT2D eigenvalue weighted by atomic mass is 32.2. The molecule has 0 aromatic rings. The predicted octanol–water partition coefficient (Wildman–Crippen LogP) is 1.10. The molecule has 0 saturated carbocycles. The first-order valence-electron chi connectivity index (χ1n) is 9.64. The zero-order chi connectivity index (χ0) is 22.0. The molecule has 2 fully saturated rings. The van der Waals surface area contributed by atoms with Gasteiger partial charge in [-0.05, 0) is 24.8 Å². The molecule has 2 aliphatic heterocycles. The van der Waals surface area contributed by atoms with Crippen molar-refractivity contribution in [3.8, 4) is 0 Å². The lowest BCUT2D eigenvalue weighted by Gasteiger charge is -2.28. The van der Waals surface area contributed by atoms with Crippen molar-refractivity contribution in [2.75, 3.05) is 38.6 Å². The summed E-state index contributed by atoms with van der Waals surface area (Å²) in [5.74, 6) is -1.78. The van der Waals surface area contributed by atoms with Gasteiger partial charge in [-0.3, -0.25) is 14.4 Å². The fraction of sp³-hybridized carbons (Fsp3) is 0.812. The summed E-state index contributed by atoms with van der Waals surface area (Å²) >= 11 is 0. The van der Waals surface area contributed by atoms with Gasteiger partial charge < -0.3 is 9.47 Å². The van der Waals surface area contributed by atoms with E-state index < -0.39 is 39.8 Å². The number of unbranched alkanes of at least 4 members (excludes halogenated alkanes) is 2. The normalized spacial score (nSPS) is 18.7. The van der Waals surface area contributed by atoms with Gasteiger partial charge in [0.05, 0.1) is 13.2 Å². The minimum Gasteiger partial charge on any atom is -0.428 e. The molecule has 0 bridgehead atoms. The Balaban J connectivity index is 1.94. The van der Waals surface area contributed by atoms with E-state index in [0.29, 0.717) is 30.9 Å². The van der Waals surface area contributed by atoms with E-state index in [1.165, 1.54) is 4.31 Å². The van der Waals surface area contributed by atoms with E-state index in [-0.39, 0.29) is 45.6 Å². The first kappa shape index (κ1) is 23.9. The third-order valence-electron chi connectivity index (χ3n) is 4.54. The van der Waals surface area contributed by atoms with E-state index in [9.17, 15) is 22.8 Å². The molecule has 2 heterocycles. The number of hydrogen-bond donors (Lipinski definition) is 0. The minimum absolute atomic E-state index is 0.0634. The Labute approximate surface area is 173 Å². The van der Waals surface area contributed by atoms with E-state index >= 15 is 0 Å². The summed E-state index contributed by atoms with van der Waals surface area (Å²) < 4.78 is 36.9. The fourth-order valence-electron chi connectivity index (χ4n) is 3.01. The van der Waals surface area contributed by atoms with Gasteiger partial charge >= 0.3 is 6.16 Å². The largest absolute Gasteiger partial charge is 0.534 e. The Morgan fingerprint density at radius 3 is 2.47 bits per heavy atom. The first-order valence-corrected chi connectivity index (χ1v) is 11.2. The number of imide groups is 1. The summed E-state index contributed by atoms with van der Waals surface area (Å²) in [5.41, 5.74) is 8.27. The smallest absolute Gasteiger partial charge is 0.428 e. The Morgan fingerprint density at radius 1 is 1.17 bits per heavy atom. The molecule has 2 amide bonds. The number of nitrogens with zero attached hydrogens (tertiary/aromatic N) is 5. The number of amides is 2. The number of azide groups is 1. The minimum atomic E-state index is -3.72. The molecule has 1 atom stereocenters. The van der Waals surface area contributed by atoms with Gasteiger partial charge in [0.25, 0.3) is 11.8 Å². The predicted molar refractivity (Wildman–Crippen MR) is 101 cm³/mol. The van der Waals surface area contributed by atoms with Crippen LogP contribution in [-0.4, -0.2) is 80.5 Å². The molecule has 1 unspecified atom stereocenters. The highest BCUT2D eigenvalue weighted by Gasteiger charge is 2.35. The van der Waals surface area contributed by atoms with Gasteiger partial charge in [0, 0.05) is 37.4 Å². The van der Waals surface area contributed by atoms with Crippen molar-refractivity contribution in [1.29, 1.82) is 0 Å². The molecule has 0 aromatic carbocycles. The topological polar surface area (TPSA) is 168 Å². The molecule has 0 N–H and O–H groups in total. The van der Waals surface area contributed by atoms with Crippen LogP contribution in [0.2, 0.25) is 0 Å². The van der Waals surface area contributed by atoms with Crippen LogP contribution in [0, 0.1) is 0 Å². The highest BCUT2D eigenvalue weighted by molar-refractivity contribution is 7.89. The Bertz CT molecular complexity index is 761. The van der Waals surface area contributed by atoms with E-state index in [4.69, 9.17) is 15.0 Å². The molecule has 0 spiro atoms. The number of ether oxygens (including phenoxy) is 2. The third-order valence-corrected chi connectivity index (χ3v) is 6.49. The van der Waals surface area contributed by atoms with Crippen LogP contribution >= 0.6 is 0 Å². The summed E-state index contributed by atoms with van der Waals surface area (Å²) in [4.78, 5) is 42.5. The number of morpholine rings is 1. The SMILES string of the molecule is [N-]=[N+]=NCCCCCC(CS(=O)(=O)N1CCOCC1)OC(=O)ON1C(=O)CCC1=O. The van der Waals surface area contributed by atoms with Gasteiger partial charge in [0.1, 0.15) is 11.9 Å². The first-order chi connectivity index (χ1) is 14.3. The third kappa shape index (κ3) is 7.44. The maximum Gasteiger partial charge on any atom is 0.534 e. The van der Waals surface area contributed by atoms with Gasteiger partial charge in [-0.15, -0.1) is 0 Å². The summed E-state index contributed by atoms with van der Waals surface area (Å²) in [7, 11) is -3.72. The number of rotatable bonds is 11. The van der Waals surface area contributed by atoms with Crippen LogP contribution in [0.5, 0.6) is 0 Å². The average Bonchev–Trinajstić information content (AvgIpc) is 3.03. The van der Waals surface area contributed by atoms with Gasteiger partial charge in [0.15, 0.2) is 0 Å². The van der Waals surface area contributed by atoms with Crippen molar-refractivity contribution in [2.45, 2.75) is 44.6 Å². The number of hydrogen-bond acceptors (Lipinski definition) is 9. The van der Waals surface area contributed by atoms with Crippen LogP contribution in [0.25, 0.3) is 10.4 Å². The van der Waals surface area contributed by atoms with Crippen LogP contribution in [-0.2, 0) is 33.9 Å². The molecule has 0 aliphatic carbocycles. The van der Waals surface area contributed by atoms with Crippen molar-refractivity contribution in [1.82, 2.24) is 9.37 Å². The molecule has 2 aliphatic rings. The second-order valence-corrected chi connectivity index (χ2v) is 8.77. The summed E-state index contributed by atoms with van der Waals surface area (Å²) in [6.07, 6.45) is -0.496. The van der Waals surface area contributed by atoms with Crippen molar-refractivity contribution in [2.24, 2.45) is 5.11 Å². The lowest BCUT2D eigenvalue weighted by molar-refractivity contribution is -0.178. The molecule has 0 radical (unpaired) electrons. The van der Waals surface area contributed by atoms with Gasteiger partial charge in [0.2, 0.25) is 10.0 Å². The van der Waals surface area contributed by atoms with E-state index in [2.05, 4.69) is 14.9 Å². The van der Waals surface area contributed by atoms with Crippen molar-refractivity contribution >= 4 is 28.0 Å². The second kappa shape index (κ2) is 11.7. The summed E-state index contributed by atoms with van der Waals surface area (Å²) in [5, 5.41) is 3.76. The van der Waals surface area contributed by atoms with Gasteiger partial charge in [-0.25, -0.2) is 13.2 Å². The average molecular weight is 447 g/mol. The van der Waals surface area contributed by atoms with Crippen LogP contribution in [0.3, 0.4) is 0 Å². The molecule has 30 heavy (non-hydrogen) atoms. The number of carbonyl (C=O) groups excluding carboxylic acids is 3. The quantitative estimate of drug-likeness (QED) is 0.113.